The minimum Gasteiger partial charge on any atom is -0.468 e. The van der Waals surface area contributed by atoms with Gasteiger partial charge in [-0.25, -0.2) is 9.97 Å². The number of nitrogen functional groups attached to an aromatic ring is 1. The normalized spacial score (nSPS) is 10.8. The summed E-state index contributed by atoms with van der Waals surface area (Å²) in [6.45, 7) is 2.06. The number of hydrogen-bond acceptors (Lipinski definition) is 5. The van der Waals surface area contributed by atoms with Gasteiger partial charge in [-0.1, -0.05) is 6.92 Å². The first-order valence-corrected chi connectivity index (χ1v) is 4.80. The number of rotatable bonds is 3. The second kappa shape index (κ2) is 3.72. The third kappa shape index (κ3) is 1.70. The molecule has 0 aliphatic carbocycles. The summed E-state index contributed by atoms with van der Waals surface area (Å²) in [6, 6.07) is 0.402. The molecule has 3 N–H and O–H groups in total. The van der Waals surface area contributed by atoms with E-state index >= 15 is 0 Å². The van der Waals surface area contributed by atoms with Gasteiger partial charge in [-0.05, 0) is 6.42 Å². The van der Waals surface area contributed by atoms with Gasteiger partial charge >= 0.3 is 0 Å². The molecule has 6 nitrogen and oxygen atoms in total. The minimum atomic E-state index is 0.402. The Labute approximate surface area is 86.9 Å². The molecule has 15 heavy (non-hydrogen) atoms. The van der Waals surface area contributed by atoms with E-state index < -0.39 is 0 Å². The fraction of sp³-hybridized carbons (Fsp3) is 0.444. The number of nitrogens with two attached hydrogens (primary N) is 1. The zero-order valence-electron chi connectivity index (χ0n) is 8.74. The number of aromatic amines is 1. The highest BCUT2D eigenvalue weighted by Gasteiger charge is 2.10. The van der Waals surface area contributed by atoms with E-state index in [2.05, 4.69) is 26.9 Å². The van der Waals surface area contributed by atoms with Gasteiger partial charge in [0.05, 0.1) is 7.11 Å². The van der Waals surface area contributed by atoms with Crippen molar-refractivity contribution >= 4 is 17.0 Å². The molecule has 0 bridgehead atoms. The highest BCUT2D eigenvalue weighted by atomic mass is 16.5. The van der Waals surface area contributed by atoms with Crippen molar-refractivity contribution in [2.24, 2.45) is 0 Å². The lowest BCUT2D eigenvalue weighted by atomic mass is 10.3. The highest BCUT2D eigenvalue weighted by molar-refractivity contribution is 5.81. The first-order valence-electron chi connectivity index (χ1n) is 4.80. The Balaban J connectivity index is 2.54. The highest BCUT2D eigenvalue weighted by Crippen LogP contribution is 2.18. The third-order valence-electron chi connectivity index (χ3n) is 2.07. The maximum atomic E-state index is 5.78. The van der Waals surface area contributed by atoms with E-state index in [1.807, 2.05) is 0 Å². The molecule has 6 heteroatoms. The molecule has 0 saturated carbocycles. The number of aryl methyl sites for hydroxylation is 1. The molecular formula is C9H13N5O. The molecule has 0 saturated heterocycles. The van der Waals surface area contributed by atoms with Crippen LogP contribution in [0.25, 0.3) is 11.2 Å². The van der Waals surface area contributed by atoms with Crippen LogP contribution in [0.3, 0.4) is 0 Å². The van der Waals surface area contributed by atoms with Gasteiger partial charge in [0.15, 0.2) is 11.5 Å². The Bertz CT molecular complexity index is 479. The molecule has 0 unspecified atom stereocenters. The predicted molar refractivity (Wildman–Crippen MR) is 56.6 cm³/mol. The third-order valence-corrected chi connectivity index (χ3v) is 2.07. The van der Waals surface area contributed by atoms with Crippen LogP contribution in [-0.2, 0) is 6.42 Å². The monoisotopic (exact) mass is 207 g/mol. The number of H-pyrrole nitrogens is 1. The molecule has 0 aliphatic rings. The van der Waals surface area contributed by atoms with Crippen LogP contribution in [0.15, 0.2) is 0 Å². The van der Waals surface area contributed by atoms with Crippen LogP contribution >= 0.6 is 0 Å². The number of anilines is 1. The predicted octanol–water partition coefficient (Wildman–Crippen LogP) is 0.896. The summed E-state index contributed by atoms with van der Waals surface area (Å²) in [6.07, 6.45) is 1.78. The maximum Gasteiger partial charge on any atom is 0.295 e. The van der Waals surface area contributed by atoms with Crippen molar-refractivity contribution in [2.75, 3.05) is 12.8 Å². The van der Waals surface area contributed by atoms with Gasteiger partial charge in [-0.2, -0.15) is 4.98 Å². The summed E-state index contributed by atoms with van der Waals surface area (Å²) in [7, 11) is 1.54. The Kier molecular flexibility index (Phi) is 2.40. The molecule has 0 radical (unpaired) electrons. The molecule has 2 rings (SSSR count). The van der Waals surface area contributed by atoms with Gasteiger partial charge in [0.1, 0.15) is 11.3 Å². The van der Waals surface area contributed by atoms with Crippen LogP contribution in [0, 0.1) is 0 Å². The van der Waals surface area contributed by atoms with E-state index in [9.17, 15) is 0 Å². The molecule has 0 aliphatic heterocycles. The molecule has 2 heterocycles. The molecule has 80 valence electrons. The summed E-state index contributed by atoms with van der Waals surface area (Å²) in [5, 5.41) is 0. The van der Waals surface area contributed by atoms with Crippen LogP contribution in [0.5, 0.6) is 6.01 Å². The van der Waals surface area contributed by atoms with Gasteiger partial charge in [0, 0.05) is 6.42 Å². The number of methoxy groups -OCH3 is 1. The van der Waals surface area contributed by atoms with E-state index in [1.54, 1.807) is 0 Å². The minimum absolute atomic E-state index is 0.402. The van der Waals surface area contributed by atoms with Gasteiger partial charge in [0.25, 0.3) is 6.01 Å². The van der Waals surface area contributed by atoms with Crippen molar-refractivity contribution in [1.29, 1.82) is 0 Å². The number of fused-ring (bicyclic) bond motifs is 1. The van der Waals surface area contributed by atoms with E-state index in [1.165, 1.54) is 7.11 Å². The summed E-state index contributed by atoms with van der Waals surface area (Å²) in [4.78, 5) is 15.5. The van der Waals surface area contributed by atoms with Crippen molar-refractivity contribution in [3.63, 3.8) is 0 Å². The van der Waals surface area contributed by atoms with Crippen LogP contribution in [0.4, 0.5) is 5.82 Å². The summed E-state index contributed by atoms with van der Waals surface area (Å²) < 4.78 is 4.96. The first kappa shape index (κ1) is 9.70. The van der Waals surface area contributed by atoms with Crippen LogP contribution < -0.4 is 10.5 Å². The zero-order chi connectivity index (χ0) is 10.8. The zero-order valence-corrected chi connectivity index (χ0v) is 8.74. The standard InChI is InChI=1S/C9H13N5O/c1-3-4-5-11-7(10)6-8(12-5)14-9(13-6)15-2/h3-4H2,1-2H3,(H3,10,11,12,13,14). The van der Waals surface area contributed by atoms with Gasteiger partial charge in [-0.3, -0.25) is 0 Å². The quantitative estimate of drug-likeness (QED) is 0.780. The summed E-state index contributed by atoms with van der Waals surface area (Å²) >= 11 is 0. The van der Waals surface area contributed by atoms with Crippen molar-refractivity contribution in [3.05, 3.63) is 5.82 Å². The van der Waals surface area contributed by atoms with E-state index in [0.717, 1.165) is 18.7 Å². The molecule has 0 spiro atoms. The Morgan fingerprint density at radius 1 is 1.33 bits per heavy atom. The van der Waals surface area contributed by atoms with Crippen molar-refractivity contribution in [3.8, 4) is 6.01 Å². The molecule has 2 aromatic heterocycles. The van der Waals surface area contributed by atoms with Gasteiger partial charge in [-0.15, -0.1) is 0 Å². The Morgan fingerprint density at radius 3 is 2.80 bits per heavy atom. The summed E-state index contributed by atoms with van der Waals surface area (Å²) in [5.41, 5.74) is 6.97. The van der Waals surface area contributed by atoms with Crippen LogP contribution in [0.1, 0.15) is 19.2 Å². The topological polar surface area (TPSA) is 89.7 Å². The molecule has 0 amide bonds. The lowest BCUT2D eigenvalue weighted by Gasteiger charge is -1.98. The summed E-state index contributed by atoms with van der Waals surface area (Å²) in [5.74, 6) is 1.14. The molecule has 2 aromatic rings. The number of aromatic nitrogens is 4. The fourth-order valence-electron chi connectivity index (χ4n) is 1.38. The Morgan fingerprint density at radius 2 is 2.13 bits per heavy atom. The molecule has 0 fully saturated rings. The lowest BCUT2D eigenvalue weighted by molar-refractivity contribution is 0.386. The Hall–Kier alpha value is -1.85. The molecular weight excluding hydrogens is 194 g/mol. The fourth-order valence-corrected chi connectivity index (χ4v) is 1.38. The van der Waals surface area contributed by atoms with Crippen molar-refractivity contribution < 1.29 is 4.74 Å². The average Bonchev–Trinajstić information content (AvgIpc) is 2.62. The van der Waals surface area contributed by atoms with Crippen LogP contribution in [-0.4, -0.2) is 27.0 Å². The molecule has 0 atom stereocenters. The number of nitrogens with zero attached hydrogens (tertiary/aromatic N) is 3. The van der Waals surface area contributed by atoms with Crippen LogP contribution in [0.2, 0.25) is 0 Å². The number of nitrogens with one attached hydrogen (secondary N) is 1. The van der Waals surface area contributed by atoms with E-state index in [4.69, 9.17) is 10.5 Å². The maximum absolute atomic E-state index is 5.78. The van der Waals surface area contributed by atoms with Gasteiger partial charge < -0.3 is 15.5 Å². The first-order chi connectivity index (χ1) is 7.24. The second-order valence-electron chi connectivity index (χ2n) is 3.22. The van der Waals surface area contributed by atoms with E-state index in [0.29, 0.717) is 23.0 Å². The average molecular weight is 207 g/mol. The van der Waals surface area contributed by atoms with Crippen molar-refractivity contribution in [1.82, 2.24) is 19.9 Å². The lowest BCUT2D eigenvalue weighted by Crippen LogP contribution is -2.00. The largest absolute Gasteiger partial charge is 0.468 e. The number of imidazole rings is 1. The van der Waals surface area contributed by atoms with Gasteiger partial charge in [0.2, 0.25) is 0 Å². The SMILES string of the molecule is CCCc1nc(N)c2[nH]c(OC)nc2n1. The van der Waals surface area contributed by atoms with Crippen molar-refractivity contribution in [2.45, 2.75) is 19.8 Å². The number of ether oxygens (including phenoxy) is 1. The second-order valence-corrected chi connectivity index (χ2v) is 3.22. The smallest absolute Gasteiger partial charge is 0.295 e. The van der Waals surface area contributed by atoms with E-state index in [-0.39, 0.29) is 0 Å². The number of hydrogen-bond donors (Lipinski definition) is 2. The molecule has 0 aromatic carbocycles.